The average molecular weight is 517 g/mol. The highest BCUT2D eigenvalue weighted by molar-refractivity contribution is 6.16. The number of hydrogen-bond acceptors (Lipinski definition) is 10. The number of Topliss-reactive ketones (excluding diaryl/α,β-unsaturated/α-hetero) is 4. The van der Waals surface area contributed by atoms with Crippen LogP contribution in [0, 0.1) is 21.7 Å². The summed E-state index contributed by atoms with van der Waals surface area (Å²) in [5, 5.41) is 57.4. The van der Waals surface area contributed by atoms with Gasteiger partial charge in [-0.2, -0.15) is 0 Å². The van der Waals surface area contributed by atoms with Crippen LogP contribution in [-0.2, 0) is 24.0 Å². The van der Waals surface area contributed by atoms with E-state index >= 15 is 0 Å². The normalized spacial score (nSPS) is 20.2. The van der Waals surface area contributed by atoms with Crippen LogP contribution in [0.5, 0.6) is 0 Å². The summed E-state index contributed by atoms with van der Waals surface area (Å²) in [7, 11) is 0. The summed E-state index contributed by atoms with van der Waals surface area (Å²) >= 11 is 0. The Morgan fingerprint density at radius 3 is 1.17 bits per heavy atom. The molecule has 10 nitrogen and oxygen atoms in total. The molecule has 0 spiro atoms. The largest absolute Gasteiger partial charge is 0.386 e. The van der Waals surface area contributed by atoms with Crippen molar-refractivity contribution in [2.24, 2.45) is 21.7 Å². The van der Waals surface area contributed by atoms with E-state index in [1.54, 1.807) is 0 Å². The molecule has 208 valence electrons. The van der Waals surface area contributed by atoms with Crippen molar-refractivity contribution in [3.8, 4) is 0 Å². The molecule has 0 fully saturated rings. The molecule has 0 rings (SSSR count). The maximum Gasteiger partial charge on any atom is 0.218 e. The van der Waals surface area contributed by atoms with Crippen molar-refractivity contribution in [1.29, 1.82) is 0 Å². The molecular weight excluding hydrogens is 472 g/mol. The van der Waals surface area contributed by atoms with Gasteiger partial charge in [-0.15, -0.1) is 0 Å². The molecule has 0 saturated heterocycles. The second-order valence-electron chi connectivity index (χ2n) is 13.6. The maximum absolute atomic E-state index is 13.8. The van der Waals surface area contributed by atoms with E-state index in [-0.39, 0.29) is 0 Å². The monoisotopic (exact) mass is 516 g/mol. The minimum atomic E-state index is -4.03. The van der Waals surface area contributed by atoms with E-state index in [1.807, 2.05) is 0 Å². The molecule has 0 bridgehead atoms. The SMILES string of the molecule is CC(C)(C)C(=O)C(O)[C@@H](O)[C@](O)(C(=O)C(C)(C)C)[C@@](O)(C(=O)C(C)(C)C)[C@@](O)(C=O)C(=O)C(C)(C)C. The molecule has 0 radical (unpaired) electrons. The summed E-state index contributed by atoms with van der Waals surface area (Å²) < 4.78 is 0. The number of rotatable bonds is 9. The first-order valence-electron chi connectivity index (χ1n) is 11.7. The van der Waals surface area contributed by atoms with E-state index in [4.69, 9.17) is 0 Å². The van der Waals surface area contributed by atoms with Gasteiger partial charge in [0.25, 0.3) is 0 Å². The van der Waals surface area contributed by atoms with Gasteiger partial charge < -0.3 is 25.5 Å². The third-order valence-electron chi connectivity index (χ3n) is 6.07. The lowest BCUT2D eigenvalue weighted by molar-refractivity contribution is -0.258. The van der Waals surface area contributed by atoms with Crippen molar-refractivity contribution in [3.05, 3.63) is 0 Å². The van der Waals surface area contributed by atoms with Gasteiger partial charge in [0.15, 0.2) is 35.0 Å². The fourth-order valence-electron chi connectivity index (χ4n) is 3.95. The zero-order valence-electron chi connectivity index (χ0n) is 23.5. The van der Waals surface area contributed by atoms with Crippen LogP contribution in [0.3, 0.4) is 0 Å². The van der Waals surface area contributed by atoms with Crippen LogP contribution in [0.1, 0.15) is 83.1 Å². The van der Waals surface area contributed by atoms with Crippen LogP contribution in [0.4, 0.5) is 0 Å². The Morgan fingerprint density at radius 2 is 0.917 bits per heavy atom. The minimum absolute atomic E-state index is 0.476. The molecule has 0 aliphatic rings. The molecule has 5 atom stereocenters. The van der Waals surface area contributed by atoms with Gasteiger partial charge in [-0.1, -0.05) is 83.1 Å². The van der Waals surface area contributed by atoms with Crippen molar-refractivity contribution in [3.63, 3.8) is 0 Å². The second kappa shape index (κ2) is 9.79. The minimum Gasteiger partial charge on any atom is -0.386 e. The fraction of sp³-hybridized carbons (Fsp3) is 0.808. The number of aliphatic hydroxyl groups excluding tert-OH is 2. The van der Waals surface area contributed by atoms with Crippen LogP contribution in [-0.4, -0.2) is 84.0 Å². The first-order chi connectivity index (χ1) is 15.5. The molecular formula is C26H44O10. The molecule has 10 heteroatoms. The molecule has 0 aliphatic carbocycles. The van der Waals surface area contributed by atoms with Crippen LogP contribution < -0.4 is 0 Å². The highest BCUT2D eigenvalue weighted by Crippen LogP contribution is 2.47. The predicted molar refractivity (Wildman–Crippen MR) is 131 cm³/mol. The van der Waals surface area contributed by atoms with E-state index < -0.39 is 80.1 Å². The summed E-state index contributed by atoms with van der Waals surface area (Å²) in [6.07, 6.45) is -5.98. The topological polar surface area (TPSA) is 186 Å². The smallest absolute Gasteiger partial charge is 0.218 e. The Morgan fingerprint density at radius 1 is 0.583 bits per heavy atom. The second-order valence-corrected chi connectivity index (χ2v) is 13.6. The van der Waals surface area contributed by atoms with Gasteiger partial charge in [-0.05, 0) is 0 Å². The molecule has 0 aromatic rings. The van der Waals surface area contributed by atoms with Crippen molar-refractivity contribution in [1.82, 2.24) is 0 Å². The van der Waals surface area contributed by atoms with Gasteiger partial charge in [0.05, 0.1) is 0 Å². The van der Waals surface area contributed by atoms with Crippen molar-refractivity contribution in [2.75, 3.05) is 0 Å². The Kier molecular flexibility index (Phi) is 9.29. The third-order valence-corrected chi connectivity index (χ3v) is 6.07. The quantitative estimate of drug-likeness (QED) is 0.214. The van der Waals surface area contributed by atoms with E-state index in [2.05, 4.69) is 0 Å². The molecule has 0 saturated carbocycles. The standard InChI is InChI=1S/C26H44O10/c1-20(2,3)15(29)14(28)16(30)25(35,18(32)22(7,8)9)26(36,19(33)23(10,11)12)24(34,13-27)17(31)21(4,5)6/h13-14,16,28,30,34-36H,1-12H3/t14?,16-,24-,25+,26-/m1/s1. The lowest BCUT2D eigenvalue weighted by Crippen LogP contribution is -2.84. The first-order valence-corrected chi connectivity index (χ1v) is 11.7. The summed E-state index contributed by atoms with van der Waals surface area (Å²) in [5.41, 5.74) is -18.1. The molecule has 5 N–H and O–H groups in total. The molecule has 0 amide bonds. The fourth-order valence-corrected chi connectivity index (χ4v) is 3.95. The lowest BCUT2D eigenvalue weighted by atomic mass is 9.54. The number of aliphatic hydroxyl groups is 5. The molecule has 0 aromatic heterocycles. The predicted octanol–water partition coefficient (Wildman–Crippen LogP) is 0.561. The zero-order valence-corrected chi connectivity index (χ0v) is 23.5. The van der Waals surface area contributed by atoms with Crippen molar-refractivity contribution < 1.29 is 49.5 Å². The summed E-state index contributed by atoms with van der Waals surface area (Å²) in [6, 6.07) is 0. The number of hydrogen-bond donors (Lipinski definition) is 5. The Labute approximate surface area is 213 Å². The van der Waals surface area contributed by atoms with Gasteiger partial charge in [0, 0.05) is 21.7 Å². The zero-order chi connectivity index (χ0) is 29.7. The Bertz CT molecular complexity index is 909. The Hall–Kier alpha value is -1.85. The van der Waals surface area contributed by atoms with Gasteiger partial charge in [-0.25, -0.2) is 0 Å². The average Bonchev–Trinajstić information content (AvgIpc) is 2.71. The highest BCUT2D eigenvalue weighted by Gasteiger charge is 2.77. The van der Waals surface area contributed by atoms with E-state index in [0.29, 0.717) is 0 Å². The summed E-state index contributed by atoms with van der Waals surface area (Å²) in [5.74, 6) is -5.60. The Balaban J connectivity index is 8.08. The maximum atomic E-state index is 13.8. The molecule has 0 aliphatic heterocycles. The van der Waals surface area contributed by atoms with Gasteiger partial charge in [0.2, 0.25) is 11.2 Å². The number of aldehydes is 1. The first kappa shape index (κ1) is 34.1. The lowest BCUT2D eigenvalue weighted by Gasteiger charge is -2.53. The van der Waals surface area contributed by atoms with Crippen molar-refractivity contribution >= 4 is 29.4 Å². The van der Waals surface area contributed by atoms with E-state index in [1.165, 1.54) is 83.1 Å². The number of ketones is 4. The molecule has 0 heterocycles. The number of carbonyl (C=O) groups is 5. The highest BCUT2D eigenvalue weighted by atomic mass is 16.4. The van der Waals surface area contributed by atoms with Gasteiger partial charge in [0.1, 0.15) is 12.2 Å². The number of carbonyl (C=O) groups excluding carboxylic acids is 5. The molecule has 1 unspecified atom stereocenters. The van der Waals surface area contributed by atoms with Crippen LogP contribution >= 0.6 is 0 Å². The third kappa shape index (κ3) is 5.52. The van der Waals surface area contributed by atoms with E-state index in [9.17, 15) is 49.5 Å². The summed E-state index contributed by atoms with van der Waals surface area (Å²) in [6.45, 7) is 15.2. The van der Waals surface area contributed by atoms with Gasteiger partial charge in [-0.3, -0.25) is 24.0 Å². The van der Waals surface area contributed by atoms with Crippen molar-refractivity contribution in [2.45, 2.75) is 112 Å². The van der Waals surface area contributed by atoms with E-state index in [0.717, 1.165) is 0 Å². The van der Waals surface area contributed by atoms with Crippen LogP contribution in [0.25, 0.3) is 0 Å². The van der Waals surface area contributed by atoms with Crippen LogP contribution in [0.15, 0.2) is 0 Å². The molecule has 36 heavy (non-hydrogen) atoms. The summed E-state index contributed by atoms with van der Waals surface area (Å²) in [4.78, 5) is 66.1. The van der Waals surface area contributed by atoms with Crippen LogP contribution in [0.2, 0.25) is 0 Å². The van der Waals surface area contributed by atoms with Gasteiger partial charge >= 0.3 is 0 Å². The molecule has 0 aromatic carbocycles.